The summed E-state index contributed by atoms with van der Waals surface area (Å²) in [5.41, 5.74) is 3.83. The van der Waals surface area contributed by atoms with Crippen LogP contribution in [0.4, 0.5) is 0 Å². The van der Waals surface area contributed by atoms with Crippen molar-refractivity contribution in [3.05, 3.63) is 90.5 Å². The highest BCUT2D eigenvalue weighted by Crippen LogP contribution is 2.28. The number of fused-ring (bicyclic) bond motifs is 3. The summed E-state index contributed by atoms with van der Waals surface area (Å²) in [6.45, 7) is 0.878. The van der Waals surface area contributed by atoms with Gasteiger partial charge in [-0.25, -0.2) is 0 Å². The molecule has 1 heterocycles. The minimum Gasteiger partial charge on any atom is -0.337 e. The molecule has 0 amide bonds. The fourth-order valence-electron chi connectivity index (χ4n) is 3.06. The molecule has 0 radical (unpaired) electrons. The van der Waals surface area contributed by atoms with Crippen molar-refractivity contribution in [1.82, 2.24) is 4.57 Å². The Morgan fingerprint density at radius 2 is 1.18 bits per heavy atom. The van der Waals surface area contributed by atoms with Crippen molar-refractivity contribution in [2.75, 3.05) is 0 Å². The maximum Gasteiger partial charge on any atom is 0.0494 e. The molecule has 0 fully saturated rings. The van der Waals surface area contributed by atoms with Gasteiger partial charge >= 0.3 is 0 Å². The van der Waals surface area contributed by atoms with Crippen molar-refractivity contribution in [2.45, 2.75) is 6.54 Å². The van der Waals surface area contributed by atoms with Gasteiger partial charge < -0.3 is 4.57 Å². The van der Waals surface area contributed by atoms with E-state index in [-0.39, 0.29) is 0 Å². The van der Waals surface area contributed by atoms with Crippen LogP contribution in [0.25, 0.3) is 27.9 Å². The van der Waals surface area contributed by atoms with Gasteiger partial charge in [0.15, 0.2) is 0 Å². The lowest BCUT2D eigenvalue weighted by Crippen LogP contribution is -1.94. The first-order valence-electron chi connectivity index (χ1n) is 7.61. The summed E-state index contributed by atoms with van der Waals surface area (Å²) < 4.78 is 2.38. The molecule has 1 aromatic heterocycles. The number of rotatable bonds is 3. The summed E-state index contributed by atoms with van der Waals surface area (Å²) in [5, 5.41) is 2.65. The SMILES string of the molecule is C(=C\c1ccccc1)/Cn1c2ccccc2c2ccccc21. The molecule has 106 valence electrons. The average Bonchev–Trinajstić information content (AvgIpc) is 2.91. The highest BCUT2D eigenvalue weighted by atomic mass is 15.0. The van der Waals surface area contributed by atoms with E-state index >= 15 is 0 Å². The summed E-state index contributed by atoms with van der Waals surface area (Å²) in [5.74, 6) is 0. The zero-order chi connectivity index (χ0) is 14.8. The van der Waals surface area contributed by atoms with Crippen LogP contribution in [0.3, 0.4) is 0 Å². The average molecular weight is 283 g/mol. The Bertz CT molecular complexity index is 892. The van der Waals surface area contributed by atoms with Crippen molar-refractivity contribution in [2.24, 2.45) is 0 Å². The second kappa shape index (κ2) is 5.53. The molecule has 0 N–H and O–H groups in total. The first-order valence-corrected chi connectivity index (χ1v) is 7.61. The predicted octanol–water partition coefficient (Wildman–Crippen LogP) is 5.51. The van der Waals surface area contributed by atoms with E-state index in [1.807, 2.05) is 6.07 Å². The van der Waals surface area contributed by atoms with Crippen LogP contribution in [-0.2, 0) is 6.54 Å². The van der Waals surface area contributed by atoms with Crippen LogP contribution in [-0.4, -0.2) is 4.57 Å². The number of aromatic nitrogens is 1. The quantitative estimate of drug-likeness (QED) is 0.467. The largest absolute Gasteiger partial charge is 0.337 e. The van der Waals surface area contributed by atoms with Crippen molar-refractivity contribution in [1.29, 1.82) is 0 Å². The zero-order valence-corrected chi connectivity index (χ0v) is 12.3. The lowest BCUT2D eigenvalue weighted by Gasteiger charge is -2.03. The minimum atomic E-state index is 0.878. The minimum absolute atomic E-state index is 0.878. The molecule has 0 aliphatic rings. The van der Waals surface area contributed by atoms with Crippen molar-refractivity contribution < 1.29 is 0 Å². The van der Waals surface area contributed by atoms with Gasteiger partial charge in [-0.1, -0.05) is 78.9 Å². The second-order valence-electron chi connectivity index (χ2n) is 5.46. The van der Waals surface area contributed by atoms with Crippen LogP contribution in [0.15, 0.2) is 84.9 Å². The zero-order valence-electron chi connectivity index (χ0n) is 12.3. The van der Waals surface area contributed by atoms with Gasteiger partial charge in [-0.15, -0.1) is 0 Å². The van der Waals surface area contributed by atoms with E-state index in [0.29, 0.717) is 0 Å². The van der Waals surface area contributed by atoms with Crippen LogP contribution >= 0.6 is 0 Å². The first-order chi connectivity index (χ1) is 10.9. The molecule has 0 saturated heterocycles. The van der Waals surface area contributed by atoms with E-state index in [2.05, 4.69) is 89.5 Å². The Morgan fingerprint density at radius 1 is 0.636 bits per heavy atom. The third-order valence-electron chi connectivity index (χ3n) is 4.08. The van der Waals surface area contributed by atoms with E-state index in [4.69, 9.17) is 0 Å². The molecule has 0 aliphatic carbocycles. The van der Waals surface area contributed by atoms with Gasteiger partial charge in [0.1, 0.15) is 0 Å². The van der Waals surface area contributed by atoms with Crippen molar-refractivity contribution >= 4 is 27.9 Å². The van der Waals surface area contributed by atoms with Crippen LogP contribution < -0.4 is 0 Å². The van der Waals surface area contributed by atoms with Crippen molar-refractivity contribution in [3.8, 4) is 0 Å². The summed E-state index contributed by atoms with van der Waals surface area (Å²) in [4.78, 5) is 0. The summed E-state index contributed by atoms with van der Waals surface area (Å²) in [6.07, 6.45) is 4.41. The van der Waals surface area contributed by atoms with Crippen LogP contribution in [0.1, 0.15) is 5.56 Å². The Balaban J connectivity index is 1.78. The Labute approximate surface area is 130 Å². The monoisotopic (exact) mass is 283 g/mol. The fourth-order valence-corrected chi connectivity index (χ4v) is 3.06. The van der Waals surface area contributed by atoms with E-state index in [1.54, 1.807) is 0 Å². The van der Waals surface area contributed by atoms with Gasteiger partial charge in [0, 0.05) is 28.4 Å². The summed E-state index contributed by atoms with van der Waals surface area (Å²) >= 11 is 0. The van der Waals surface area contributed by atoms with Crippen LogP contribution in [0.2, 0.25) is 0 Å². The molecule has 0 bridgehead atoms. The molecule has 0 aliphatic heterocycles. The Morgan fingerprint density at radius 3 is 1.82 bits per heavy atom. The molecular weight excluding hydrogens is 266 g/mol. The third-order valence-corrected chi connectivity index (χ3v) is 4.08. The van der Waals surface area contributed by atoms with E-state index < -0.39 is 0 Å². The van der Waals surface area contributed by atoms with Gasteiger partial charge in [0.25, 0.3) is 0 Å². The summed E-state index contributed by atoms with van der Waals surface area (Å²) in [6, 6.07) is 27.7. The number of benzene rings is 3. The molecule has 0 spiro atoms. The van der Waals surface area contributed by atoms with E-state index in [1.165, 1.54) is 27.4 Å². The molecule has 3 aromatic carbocycles. The van der Waals surface area contributed by atoms with Gasteiger partial charge in [-0.05, 0) is 17.7 Å². The highest BCUT2D eigenvalue weighted by Gasteiger charge is 2.07. The number of hydrogen-bond acceptors (Lipinski definition) is 0. The van der Waals surface area contributed by atoms with Crippen molar-refractivity contribution in [3.63, 3.8) is 0 Å². The molecular formula is C21H17N. The highest BCUT2D eigenvalue weighted by molar-refractivity contribution is 6.07. The summed E-state index contributed by atoms with van der Waals surface area (Å²) in [7, 11) is 0. The maximum absolute atomic E-state index is 2.38. The molecule has 4 rings (SSSR count). The fraction of sp³-hybridized carbons (Fsp3) is 0.0476. The number of nitrogens with zero attached hydrogens (tertiary/aromatic N) is 1. The molecule has 0 atom stereocenters. The second-order valence-corrected chi connectivity index (χ2v) is 5.46. The van der Waals surface area contributed by atoms with Gasteiger partial charge in [-0.2, -0.15) is 0 Å². The predicted molar refractivity (Wildman–Crippen MR) is 94.9 cm³/mol. The topological polar surface area (TPSA) is 4.93 Å². The molecule has 1 heteroatoms. The standard InChI is InChI=1S/C21H17N/c1-2-9-17(10-3-1)11-8-16-22-20-14-6-4-12-18(20)19-13-5-7-15-21(19)22/h1-15H,16H2/b11-8+. The smallest absolute Gasteiger partial charge is 0.0494 e. The van der Waals surface area contributed by atoms with Gasteiger partial charge in [0.05, 0.1) is 0 Å². The maximum atomic E-state index is 2.38. The molecule has 0 saturated carbocycles. The number of para-hydroxylation sites is 2. The molecule has 0 unspecified atom stereocenters. The van der Waals surface area contributed by atoms with E-state index in [9.17, 15) is 0 Å². The molecule has 22 heavy (non-hydrogen) atoms. The Kier molecular flexibility index (Phi) is 3.24. The molecule has 4 aromatic rings. The third kappa shape index (κ3) is 2.21. The van der Waals surface area contributed by atoms with Crippen LogP contribution in [0, 0.1) is 0 Å². The first kappa shape index (κ1) is 12.9. The number of allylic oxidation sites excluding steroid dienone is 1. The van der Waals surface area contributed by atoms with E-state index in [0.717, 1.165) is 6.54 Å². The normalized spacial score (nSPS) is 11.6. The van der Waals surface area contributed by atoms with Gasteiger partial charge in [0.2, 0.25) is 0 Å². The van der Waals surface area contributed by atoms with Crippen LogP contribution in [0.5, 0.6) is 0 Å². The lowest BCUT2D eigenvalue weighted by atomic mass is 10.2. The van der Waals surface area contributed by atoms with Gasteiger partial charge in [-0.3, -0.25) is 0 Å². The number of hydrogen-bond donors (Lipinski definition) is 0. The lowest BCUT2D eigenvalue weighted by molar-refractivity contribution is 0.902. The Hall–Kier alpha value is -2.80. The molecule has 1 nitrogen and oxygen atoms in total.